The highest BCUT2D eigenvalue weighted by molar-refractivity contribution is 6.32. The van der Waals surface area contributed by atoms with Crippen molar-refractivity contribution in [1.29, 1.82) is 0 Å². The van der Waals surface area contributed by atoms with Crippen molar-refractivity contribution < 1.29 is 9.72 Å². The SMILES string of the molecule is CCc1ccc([C@H](C)NC(=O)c2ccc(Cl)c([N+](=O)[O-])c2)cc1. The molecule has 0 unspecified atom stereocenters. The Morgan fingerprint density at radius 3 is 2.48 bits per heavy atom. The van der Waals surface area contributed by atoms with Gasteiger partial charge in [0.05, 0.1) is 11.0 Å². The van der Waals surface area contributed by atoms with E-state index >= 15 is 0 Å². The summed E-state index contributed by atoms with van der Waals surface area (Å²) in [5, 5.41) is 13.7. The lowest BCUT2D eigenvalue weighted by atomic mass is 10.0. The van der Waals surface area contributed by atoms with Crippen molar-refractivity contribution in [3.8, 4) is 0 Å². The highest BCUT2D eigenvalue weighted by atomic mass is 35.5. The Kier molecular flexibility index (Phi) is 5.34. The molecule has 0 saturated carbocycles. The number of nitrogens with zero attached hydrogens (tertiary/aromatic N) is 1. The van der Waals surface area contributed by atoms with Gasteiger partial charge < -0.3 is 5.32 Å². The molecule has 23 heavy (non-hydrogen) atoms. The maximum Gasteiger partial charge on any atom is 0.288 e. The summed E-state index contributed by atoms with van der Waals surface area (Å²) in [5.74, 6) is -0.378. The van der Waals surface area contributed by atoms with Crippen LogP contribution in [0.3, 0.4) is 0 Å². The van der Waals surface area contributed by atoms with E-state index in [0.29, 0.717) is 0 Å². The van der Waals surface area contributed by atoms with Gasteiger partial charge >= 0.3 is 0 Å². The lowest BCUT2D eigenvalue weighted by Crippen LogP contribution is -2.26. The number of carbonyl (C=O) groups is 1. The van der Waals surface area contributed by atoms with E-state index in [1.165, 1.54) is 23.8 Å². The maximum atomic E-state index is 12.3. The quantitative estimate of drug-likeness (QED) is 0.655. The zero-order valence-corrected chi connectivity index (χ0v) is 13.6. The van der Waals surface area contributed by atoms with Crippen LogP contribution in [-0.2, 0) is 6.42 Å². The molecule has 0 aromatic heterocycles. The standard InChI is InChI=1S/C17H17ClN2O3/c1-3-12-4-6-13(7-5-12)11(2)19-17(21)14-8-9-15(18)16(10-14)20(22)23/h4-11H,3H2,1-2H3,(H,19,21)/t11-/m0/s1. The predicted molar refractivity (Wildman–Crippen MR) is 89.8 cm³/mol. The van der Waals surface area contributed by atoms with Crippen molar-refractivity contribution in [1.82, 2.24) is 5.32 Å². The van der Waals surface area contributed by atoms with E-state index in [1.54, 1.807) is 0 Å². The summed E-state index contributed by atoms with van der Waals surface area (Å²) in [6.45, 7) is 3.94. The molecule has 6 heteroatoms. The number of hydrogen-bond acceptors (Lipinski definition) is 3. The summed E-state index contributed by atoms with van der Waals surface area (Å²) >= 11 is 5.75. The molecule has 5 nitrogen and oxygen atoms in total. The fourth-order valence-electron chi connectivity index (χ4n) is 2.20. The molecule has 0 fully saturated rings. The van der Waals surface area contributed by atoms with Gasteiger partial charge in [-0.1, -0.05) is 42.8 Å². The Morgan fingerprint density at radius 1 is 1.26 bits per heavy atom. The number of nitro benzene ring substituents is 1. The molecule has 120 valence electrons. The number of rotatable bonds is 5. The Labute approximate surface area is 139 Å². The molecule has 1 amide bonds. The number of carbonyl (C=O) groups excluding carboxylic acids is 1. The van der Waals surface area contributed by atoms with E-state index in [2.05, 4.69) is 12.2 Å². The van der Waals surface area contributed by atoms with Crippen LogP contribution in [0.4, 0.5) is 5.69 Å². The number of hydrogen-bond donors (Lipinski definition) is 1. The van der Waals surface area contributed by atoms with Gasteiger partial charge in [0.25, 0.3) is 11.6 Å². The van der Waals surface area contributed by atoms with Crippen LogP contribution < -0.4 is 5.32 Å². The van der Waals surface area contributed by atoms with E-state index in [9.17, 15) is 14.9 Å². The van der Waals surface area contributed by atoms with Crippen LogP contribution in [0, 0.1) is 10.1 Å². The van der Waals surface area contributed by atoms with Gasteiger partial charge in [-0.2, -0.15) is 0 Å². The monoisotopic (exact) mass is 332 g/mol. The van der Waals surface area contributed by atoms with Gasteiger partial charge in [0.2, 0.25) is 0 Å². The molecular formula is C17H17ClN2O3. The zero-order valence-electron chi connectivity index (χ0n) is 12.9. The summed E-state index contributed by atoms with van der Waals surface area (Å²) in [6, 6.07) is 11.8. The first-order chi connectivity index (χ1) is 10.9. The minimum Gasteiger partial charge on any atom is -0.346 e. The second kappa shape index (κ2) is 7.24. The van der Waals surface area contributed by atoms with Gasteiger partial charge in [-0.25, -0.2) is 0 Å². The summed E-state index contributed by atoms with van der Waals surface area (Å²) in [7, 11) is 0. The molecule has 0 bridgehead atoms. The number of nitrogens with one attached hydrogen (secondary N) is 1. The number of benzene rings is 2. The lowest BCUT2D eigenvalue weighted by molar-refractivity contribution is -0.384. The van der Waals surface area contributed by atoms with E-state index in [0.717, 1.165) is 12.0 Å². The van der Waals surface area contributed by atoms with E-state index in [1.807, 2.05) is 31.2 Å². The van der Waals surface area contributed by atoms with Crippen LogP contribution in [0.15, 0.2) is 42.5 Å². The van der Waals surface area contributed by atoms with Gasteiger partial charge in [-0.15, -0.1) is 0 Å². The van der Waals surface area contributed by atoms with Gasteiger partial charge in [0, 0.05) is 11.6 Å². The Hall–Kier alpha value is -2.40. The zero-order chi connectivity index (χ0) is 17.0. The normalized spacial score (nSPS) is 11.8. The molecule has 0 aliphatic carbocycles. The van der Waals surface area contributed by atoms with Crippen LogP contribution >= 0.6 is 11.6 Å². The highest BCUT2D eigenvalue weighted by Crippen LogP contribution is 2.25. The minimum atomic E-state index is -0.605. The van der Waals surface area contributed by atoms with Crippen molar-refractivity contribution >= 4 is 23.2 Å². The molecule has 1 atom stereocenters. The molecule has 1 N–H and O–H groups in total. The van der Waals surface area contributed by atoms with E-state index < -0.39 is 4.92 Å². The molecule has 2 rings (SSSR count). The van der Waals surface area contributed by atoms with Crippen LogP contribution in [0.25, 0.3) is 0 Å². The van der Waals surface area contributed by atoms with Crippen molar-refractivity contribution in [2.45, 2.75) is 26.3 Å². The van der Waals surface area contributed by atoms with Gasteiger partial charge in [-0.05, 0) is 36.6 Å². The highest BCUT2D eigenvalue weighted by Gasteiger charge is 2.17. The van der Waals surface area contributed by atoms with Crippen LogP contribution in [0.2, 0.25) is 5.02 Å². The molecular weight excluding hydrogens is 316 g/mol. The van der Waals surface area contributed by atoms with Crippen LogP contribution in [0.1, 0.15) is 41.4 Å². The second-order valence-corrected chi connectivity index (χ2v) is 5.62. The fraction of sp³-hybridized carbons (Fsp3) is 0.235. The largest absolute Gasteiger partial charge is 0.346 e. The fourth-order valence-corrected chi connectivity index (χ4v) is 2.39. The average molecular weight is 333 g/mol. The lowest BCUT2D eigenvalue weighted by Gasteiger charge is -2.15. The first kappa shape index (κ1) is 17.0. The van der Waals surface area contributed by atoms with Crippen molar-refractivity contribution in [2.75, 3.05) is 0 Å². The Balaban J connectivity index is 2.14. The molecule has 0 heterocycles. The third-order valence-electron chi connectivity index (χ3n) is 3.64. The molecule has 0 aliphatic rings. The van der Waals surface area contributed by atoms with E-state index in [-0.39, 0.29) is 28.2 Å². The number of aryl methyl sites for hydroxylation is 1. The molecule has 2 aromatic carbocycles. The summed E-state index contributed by atoms with van der Waals surface area (Å²) in [5.41, 5.74) is 2.12. The number of amides is 1. The van der Waals surface area contributed by atoms with Crippen molar-refractivity contribution in [2.24, 2.45) is 0 Å². The van der Waals surface area contributed by atoms with Crippen LogP contribution in [-0.4, -0.2) is 10.8 Å². The summed E-state index contributed by atoms with van der Waals surface area (Å²) in [6.07, 6.45) is 0.954. The molecule has 2 aromatic rings. The smallest absolute Gasteiger partial charge is 0.288 e. The summed E-state index contributed by atoms with van der Waals surface area (Å²) in [4.78, 5) is 22.5. The molecule has 0 radical (unpaired) electrons. The van der Waals surface area contributed by atoms with Crippen molar-refractivity contribution in [3.05, 3.63) is 74.3 Å². The molecule has 0 spiro atoms. The minimum absolute atomic E-state index is 0.00903. The van der Waals surface area contributed by atoms with Crippen molar-refractivity contribution in [3.63, 3.8) is 0 Å². The number of halogens is 1. The third-order valence-corrected chi connectivity index (χ3v) is 3.96. The van der Waals surface area contributed by atoms with E-state index in [4.69, 9.17) is 11.6 Å². The topological polar surface area (TPSA) is 72.2 Å². The maximum absolute atomic E-state index is 12.3. The second-order valence-electron chi connectivity index (χ2n) is 5.21. The average Bonchev–Trinajstić information content (AvgIpc) is 2.54. The first-order valence-electron chi connectivity index (χ1n) is 7.26. The van der Waals surface area contributed by atoms with Crippen LogP contribution in [0.5, 0.6) is 0 Å². The van der Waals surface area contributed by atoms with Gasteiger partial charge in [0.1, 0.15) is 5.02 Å². The first-order valence-corrected chi connectivity index (χ1v) is 7.63. The van der Waals surface area contributed by atoms with Gasteiger partial charge in [0.15, 0.2) is 0 Å². The van der Waals surface area contributed by atoms with Gasteiger partial charge in [-0.3, -0.25) is 14.9 Å². The number of nitro groups is 1. The Morgan fingerprint density at radius 2 is 1.91 bits per heavy atom. The summed E-state index contributed by atoms with van der Waals surface area (Å²) < 4.78 is 0. The Bertz CT molecular complexity index is 729. The third kappa shape index (κ3) is 4.07. The molecule has 0 saturated heterocycles. The predicted octanol–water partition coefficient (Wildman–Crippen LogP) is 4.30. The molecule has 0 aliphatic heterocycles.